The number of hydrogen-bond donors (Lipinski definition) is 0. The van der Waals surface area contributed by atoms with Crippen molar-refractivity contribution in [3.8, 4) is 22.4 Å². The predicted molar refractivity (Wildman–Crippen MR) is 136 cm³/mol. The summed E-state index contributed by atoms with van der Waals surface area (Å²) in [4.78, 5) is 0. The molecule has 0 atom stereocenters. The molecule has 0 unspecified atom stereocenters. The fraction of sp³-hybridized carbons (Fsp3) is 0.207. The van der Waals surface area contributed by atoms with Crippen molar-refractivity contribution in [3.05, 3.63) is 83.8 Å². The van der Waals surface area contributed by atoms with Crippen LogP contribution in [0.1, 0.15) is 13.9 Å². The van der Waals surface area contributed by atoms with Crippen molar-refractivity contribution >= 4 is 39.6 Å². The van der Waals surface area contributed by atoms with Crippen molar-refractivity contribution in [1.29, 1.82) is 0 Å². The number of rotatable bonds is 2. The molecule has 2 aromatic heterocycles. The average Bonchev–Trinajstić information content (AvgIpc) is 3.25. The number of fused-ring (bicyclic) bond motifs is 4. The van der Waals surface area contributed by atoms with Crippen LogP contribution < -0.4 is 8.96 Å². The summed E-state index contributed by atoms with van der Waals surface area (Å²) in [6, 6.07) is 19.2. The van der Waals surface area contributed by atoms with E-state index in [-0.39, 0.29) is 5.82 Å². The molecule has 0 radical (unpaired) electrons. The molecule has 0 bridgehead atoms. The molecule has 1 aliphatic rings. The SMILES string of the molecule is [2H]C1([2H])[CH2][Ge]([CH3])([CH3])[c]2c(-c3c(F)ccc4c3oc3c(-c5cccc[n+]5C)c(C)ccc34)cccc21. The number of hydrogen-bond acceptors (Lipinski definition) is 1. The number of aryl methyl sites for hydroxylation is 3. The molecule has 6 rings (SSSR count). The molecule has 0 saturated carbocycles. The molecule has 0 N–H and O–H groups in total. The predicted octanol–water partition coefficient (Wildman–Crippen LogP) is 6.66. The van der Waals surface area contributed by atoms with Gasteiger partial charge in [-0.1, -0.05) is 0 Å². The van der Waals surface area contributed by atoms with E-state index < -0.39 is 19.6 Å². The van der Waals surface area contributed by atoms with Crippen LogP contribution in [0, 0.1) is 12.7 Å². The van der Waals surface area contributed by atoms with Crippen LogP contribution in [0.25, 0.3) is 44.3 Å². The molecule has 5 aromatic rings. The molecule has 164 valence electrons. The molecule has 0 saturated heterocycles. The fourth-order valence-corrected chi connectivity index (χ4v) is 10.9. The molecule has 3 aromatic carbocycles. The van der Waals surface area contributed by atoms with Gasteiger partial charge in [-0.25, -0.2) is 0 Å². The summed E-state index contributed by atoms with van der Waals surface area (Å²) in [6.45, 7) is 2.07. The number of benzene rings is 3. The number of furan rings is 1. The van der Waals surface area contributed by atoms with Gasteiger partial charge in [0, 0.05) is 0 Å². The van der Waals surface area contributed by atoms with Crippen LogP contribution in [0.5, 0.6) is 0 Å². The monoisotopic (exact) mass is 500 g/mol. The molecule has 0 fully saturated rings. The van der Waals surface area contributed by atoms with E-state index in [1.165, 1.54) is 6.07 Å². The van der Waals surface area contributed by atoms with Gasteiger partial charge in [0.1, 0.15) is 0 Å². The van der Waals surface area contributed by atoms with E-state index in [0.29, 0.717) is 16.4 Å². The Hall–Kier alpha value is -2.92. The van der Waals surface area contributed by atoms with Gasteiger partial charge in [0.15, 0.2) is 0 Å². The molecule has 33 heavy (non-hydrogen) atoms. The van der Waals surface area contributed by atoms with Crippen LogP contribution >= 0.6 is 0 Å². The van der Waals surface area contributed by atoms with Crippen molar-refractivity contribution in [2.24, 2.45) is 7.05 Å². The third kappa shape index (κ3) is 3.02. The Morgan fingerprint density at radius 1 is 0.939 bits per heavy atom. The van der Waals surface area contributed by atoms with Gasteiger partial charge in [0.05, 0.1) is 0 Å². The average molecular weight is 499 g/mol. The van der Waals surface area contributed by atoms with Crippen molar-refractivity contribution in [2.75, 3.05) is 0 Å². The van der Waals surface area contributed by atoms with E-state index in [1.54, 1.807) is 6.07 Å². The minimum absolute atomic E-state index is 0.334. The standard InChI is InChI=1S/C29H27FGeNO/c1-18-11-12-20-21-13-14-23(30)26(22-9-7-8-19-15-16-31(2,3)27(19)22)29(21)33-28(20)25(18)24-10-5-6-17-32(24)4/h5-14,17H,15-16H2,1-4H3/q+1/i15D2. The van der Waals surface area contributed by atoms with E-state index in [4.69, 9.17) is 7.16 Å². The zero-order valence-electron chi connectivity index (χ0n) is 21.3. The third-order valence-electron chi connectivity index (χ3n) is 7.01. The van der Waals surface area contributed by atoms with Crippen LogP contribution in [0.3, 0.4) is 0 Å². The Labute approximate surface area is 198 Å². The molecule has 4 heteroatoms. The van der Waals surface area contributed by atoms with Gasteiger partial charge in [-0.2, -0.15) is 0 Å². The second kappa shape index (κ2) is 7.29. The Balaban J connectivity index is 1.73. The summed E-state index contributed by atoms with van der Waals surface area (Å²) in [5.41, 5.74) is 6.36. The van der Waals surface area contributed by atoms with Crippen molar-refractivity contribution in [1.82, 2.24) is 0 Å². The molecule has 3 heterocycles. The van der Waals surface area contributed by atoms with E-state index in [1.807, 2.05) is 43.6 Å². The summed E-state index contributed by atoms with van der Waals surface area (Å²) < 4.78 is 42.7. The van der Waals surface area contributed by atoms with Crippen molar-refractivity contribution in [3.63, 3.8) is 0 Å². The van der Waals surface area contributed by atoms with Crippen LogP contribution in [0.2, 0.25) is 16.8 Å². The second-order valence-corrected chi connectivity index (χ2v) is 19.4. The molecule has 0 aliphatic carbocycles. The Morgan fingerprint density at radius 3 is 2.48 bits per heavy atom. The van der Waals surface area contributed by atoms with Crippen LogP contribution in [0.4, 0.5) is 4.39 Å². The third-order valence-corrected chi connectivity index (χ3v) is 13.2. The van der Waals surface area contributed by atoms with Crippen LogP contribution in [-0.2, 0) is 13.4 Å². The van der Waals surface area contributed by atoms with Gasteiger partial charge in [0.2, 0.25) is 0 Å². The molecule has 0 spiro atoms. The first-order chi connectivity index (χ1) is 16.6. The van der Waals surface area contributed by atoms with Crippen molar-refractivity contribution in [2.45, 2.75) is 30.1 Å². The molecule has 1 aliphatic heterocycles. The summed E-state index contributed by atoms with van der Waals surface area (Å²) in [7, 11) is 2.01. The Morgan fingerprint density at radius 2 is 1.70 bits per heavy atom. The fourth-order valence-electron chi connectivity index (χ4n) is 5.37. The molecule has 0 amide bonds. The second-order valence-electron chi connectivity index (χ2n) is 9.70. The normalized spacial score (nSPS) is 17.2. The summed E-state index contributed by atoms with van der Waals surface area (Å²) in [6.07, 6.45) is 0.635. The zero-order valence-corrected chi connectivity index (χ0v) is 21.4. The number of aromatic nitrogens is 1. The summed E-state index contributed by atoms with van der Waals surface area (Å²) in [5.74, 6) is 4.11. The number of nitrogens with zero attached hydrogens (tertiary/aromatic N) is 1. The molecular formula is C29H27FGeNO+. The summed E-state index contributed by atoms with van der Waals surface area (Å²) in [5, 5.41) is 2.37. The van der Waals surface area contributed by atoms with E-state index in [9.17, 15) is 0 Å². The van der Waals surface area contributed by atoms with Gasteiger partial charge < -0.3 is 0 Å². The van der Waals surface area contributed by atoms with Gasteiger partial charge in [-0.15, -0.1) is 0 Å². The van der Waals surface area contributed by atoms with Gasteiger partial charge in [-0.05, 0) is 0 Å². The van der Waals surface area contributed by atoms with Crippen LogP contribution in [0.15, 0.2) is 71.3 Å². The topological polar surface area (TPSA) is 17.0 Å². The van der Waals surface area contributed by atoms with Gasteiger partial charge >= 0.3 is 199 Å². The van der Waals surface area contributed by atoms with E-state index in [2.05, 4.69) is 41.2 Å². The van der Waals surface area contributed by atoms with E-state index >= 15 is 4.39 Å². The minimum atomic E-state index is -2.74. The van der Waals surface area contributed by atoms with Crippen LogP contribution in [-0.4, -0.2) is 13.3 Å². The number of pyridine rings is 1. The van der Waals surface area contributed by atoms with Gasteiger partial charge in [0.25, 0.3) is 0 Å². The first-order valence-corrected chi connectivity index (χ1v) is 18.1. The molecular weight excluding hydrogens is 470 g/mol. The maximum atomic E-state index is 15.7. The number of halogens is 1. The van der Waals surface area contributed by atoms with Crippen molar-refractivity contribution < 1.29 is 16.1 Å². The first-order valence-electron chi connectivity index (χ1n) is 12.3. The zero-order chi connectivity index (χ0) is 24.7. The Bertz CT molecular complexity index is 1670. The van der Waals surface area contributed by atoms with E-state index in [0.717, 1.165) is 48.7 Å². The van der Waals surface area contributed by atoms with Gasteiger partial charge in [-0.3, -0.25) is 0 Å². The summed E-state index contributed by atoms with van der Waals surface area (Å²) >= 11 is -2.74. The Kier molecular flexibility index (Phi) is 4.09. The molecule has 2 nitrogen and oxygen atoms in total. The quantitative estimate of drug-likeness (QED) is 0.196. The first kappa shape index (κ1) is 18.5. The maximum absolute atomic E-state index is 15.7.